The molecule has 0 bridgehead atoms. The molecule has 0 aromatic heterocycles. The molecule has 0 saturated heterocycles. The van der Waals surface area contributed by atoms with Gasteiger partial charge in [-0.25, -0.2) is 4.79 Å². The first-order valence-corrected chi connectivity index (χ1v) is 5.02. The van der Waals surface area contributed by atoms with Gasteiger partial charge in [-0.15, -0.1) is 12.4 Å². The number of esters is 1. The Morgan fingerprint density at radius 2 is 2.12 bits per heavy atom. The topological polar surface area (TPSA) is 50.7 Å². The zero-order valence-electron chi connectivity index (χ0n) is 9.13. The number of rotatable bonds is 3. The Bertz CT molecular complexity index is 429. The molecule has 1 aliphatic heterocycles. The first-order chi connectivity index (χ1) is 7.86. The number of carbonyl (C=O) groups excluding carboxylic acids is 1. The molecule has 1 aromatic carbocycles. The minimum Gasteiger partial charge on any atom is -0.456 e. The number of nitrogens with one attached hydrogen (secondary N) is 1. The molecule has 1 N–H and O–H groups in total. The Morgan fingerprint density at radius 1 is 1.35 bits per heavy atom. The maximum atomic E-state index is 11.5. The summed E-state index contributed by atoms with van der Waals surface area (Å²) in [4.78, 5) is 15.5. The van der Waals surface area contributed by atoms with Crippen LogP contribution in [-0.2, 0) is 16.1 Å². The molecule has 90 valence electrons. The summed E-state index contributed by atoms with van der Waals surface area (Å²) in [6.45, 7) is 0.701. The van der Waals surface area contributed by atoms with Crippen molar-refractivity contribution in [2.75, 3.05) is 6.54 Å². The minimum atomic E-state index is -0.374. The highest BCUT2D eigenvalue weighted by Crippen LogP contribution is 2.01. The summed E-state index contributed by atoms with van der Waals surface area (Å²) in [6, 6.07) is 9.56. The van der Waals surface area contributed by atoms with Crippen LogP contribution in [0.15, 0.2) is 47.7 Å². The first kappa shape index (κ1) is 13.3. The van der Waals surface area contributed by atoms with Gasteiger partial charge in [0, 0.05) is 12.4 Å². The maximum absolute atomic E-state index is 11.5. The lowest BCUT2D eigenvalue weighted by molar-refractivity contribution is -0.136. The third kappa shape index (κ3) is 3.92. The fourth-order valence-electron chi connectivity index (χ4n) is 1.31. The van der Waals surface area contributed by atoms with Crippen LogP contribution in [0.2, 0.25) is 0 Å². The van der Waals surface area contributed by atoms with Crippen LogP contribution in [0.25, 0.3) is 0 Å². The third-order valence-corrected chi connectivity index (χ3v) is 2.14. The largest absolute Gasteiger partial charge is 0.456 e. The molecule has 17 heavy (non-hydrogen) atoms. The van der Waals surface area contributed by atoms with E-state index in [1.165, 1.54) is 0 Å². The van der Waals surface area contributed by atoms with Gasteiger partial charge in [-0.05, 0) is 5.56 Å². The predicted molar refractivity (Wildman–Crippen MR) is 68.1 cm³/mol. The Balaban J connectivity index is 0.00000144. The van der Waals surface area contributed by atoms with Gasteiger partial charge in [0.2, 0.25) is 0 Å². The van der Waals surface area contributed by atoms with Crippen molar-refractivity contribution in [1.82, 2.24) is 5.32 Å². The lowest BCUT2D eigenvalue weighted by Crippen LogP contribution is -2.29. The number of aliphatic imine (C=N–C) groups is 1. The maximum Gasteiger partial charge on any atom is 0.354 e. The molecule has 0 amide bonds. The van der Waals surface area contributed by atoms with Crippen LogP contribution in [0.1, 0.15) is 5.56 Å². The molecule has 0 radical (unpaired) electrons. The summed E-state index contributed by atoms with van der Waals surface area (Å²) in [7, 11) is 0. The van der Waals surface area contributed by atoms with Crippen molar-refractivity contribution < 1.29 is 9.53 Å². The molecule has 0 aliphatic carbocycles. The molecule has 1 aromatic rings. The van der Waals surface area contributed by atoms with Crippen LogP contribution < -0.4 is 5.32 Å². The second-order valence-corrected chi connectivity index (χ2v) is 3.33. The zero-order valence-corrected chi connectivity index (χ0v) is 9.94. The molecule has 1 aliphatic rings. The van der Waals surface area contributed by atoms with Crippen LogP contribution in [-0.4, -0.2) is 18.2 Å². The van der Waals surface area contributed by atoms with E-state index in [0.29, 0.717) is 12.3 Å². The molecule has 5 heteroatoms. The fraction of sp³-hybridized carbons (Fsp3) is 0.167. The summed E-state index contributed by atoms with van der Waals surface area (Å²) in [5.41, 5.74) is 1.37. The van der Waals surface area contributed by atoms with Gasteiger partial charge < -0.3 is 10.1 Å². The average Bonchev–Trinajstić information content (AvgIpc) is 2.38. The van der Waals surface area contributed by atoms with E-state index in [1.54, 1.807) is 12.4 Å². The van der Waals surface area contributed by atoms with Gasteiger partial charge in [-0.1, -0.05) is 30.3 Å². The van der Waals surface area contributed by atoms with E-state index in [0.717, 1.165) is 5.56 Å². The van der Waals surface area contributed by atoms with E-state index < -0.39 is 0 Å². The van der Waals surface area contributed by atoms with E-state index in [-0.39, 0.29) is 25.0 Å². The van der Waals surface area contributed by atoms with Crippen LogP contribution in [0.5, 0.6) is 0 Å². The molecule has 0 saturated carbocycles. The van der Waals surface area contributed by atoms with Gasteiger partial charge in [0.15, 0.2) is 0 Å². The normalized spacial score (nSPS) is 13.1. The Morgan fingerprint density at radius 3 is 2.76 bits per heavy atom. The lowest BCUT2D eigenvalue weighted by atomic mass is 10.2. The van der Waals surface area contributed by atoms with E-state index in [1.807, 2.05) is 30.3 Å². The predicted octanol–water partition coefficient (Wildman–Crippen LogP) is 1.67. The second-order valence-electron chi connectivity index (χ2n) is 3.33. The Kier molecular flexibility index (Phi) is 5.23. The monoisotopic (exact) mass is 252 g/mol. The number of ether oxygens (including phenoxy) is 1. The van der Waals surface area contributed by atoms with Crippen LogP contribution >= 0.6 is 12.4 Å². The van der Waals surface area contributed by atoms with Crippen molar-refractivity contribution in [3.63, 3.8) is 0 Å². The van der Waals surface area contributed by atoms with Crippen LogP contribution in [0.3, 0.4) is 0 Å². The summed E-state index contributed by atoms with van der Waals surface area (Å²) in [6.07, 6.45) is 3.23. The highest BCUT2D eigenvalue weighted by molar-refractivity contribution is 6.37. The molecular weight excluding hydrogens is 240 g/mol. The van der Waals surface area contributed by atoms with E-state index in [2.05, 4.69) is 10.3 Å². The molecule has 2 rings (SSSR count). The number of benzene rings is 1. The fourth-order valence-corrected chi connectivity index (χ4v) is 1.31. The lowest BCUT2D eigenvalue weighted by Gasteiger charge is -2.09. The number of hydrogen-bond donors (Lipinski definition) is 1. The number of hydrogen-bond acceptors (Lipinski definition) is 4. The molecule has 0 atom stereocenters. The third-order valence-electron chi connectivity index (χ3n) is 2.14. The van der Waals surface area contributed by atoms with Crippen LogP contribution in [0, 0.1) is 0 Å². The Labute approximate surface area is 106 Å². The van der Waals surface area contributed by atoms with E-state index in [4.69, 9.17) is 4.74 Å². The average molecular weight is 253 g/mol. The van der Waals surface area contributed by atoms with E-state index >= 15 is 0 Å². The van der Waals surface area contributed by atoms with Crippen molar-refractivity contribution in [2.45, 2.75) is 6.61 Å². The molecule has 0 fully saturated rings. The van der Waals surface area contributed by atoms with Gasteiger partial charge in [-0.2, -0.15) is 0 Å². The van der Waals surface area contributed by atoms with Crippen molar-refractivity contribution in [1.29, 1.82) is 0 Å². The van der Waals surface area contributed by atoms with Gasteiger partial charge in [-0.3, -0.25) is 4.99 Å². The van der Waals surface area contributed by atoms with Gasteiger partial charge in [0.25, 0.3) is 0 Å². The number of carbonyl (C=O) groups is 1. The van der Waals surface area contributed by atoms with Gasteiger partial charge >= 0.3 is 5.97 Å². The van der Waals surface area contributed by atoms with Crippen LogP contribution in [0.4, 0.5) is 0 Å². The molecular formula is C12H13ClN2O2. The van der Waals surface area contributed by atoms with Crippen molar-refractivity contribution in [3.8, 4) is 0 Å². The van der Waals surface area contributed by atoms with Crippen molar-refractivity contribution in [3.05, 3.63) is 48.3 Å². The summed E-state index contributed by atoms with van der Waals surface area (Å²) < 4.78 is 5.12. The van der Waals surface area contributed by atoms with Crippen molar-refractivity contribution >= 4 is 24.1 Å². The smallest absolute Gasteiger partial charge is 0.354 e. The summed E-state index contributed by atoms with van der Waals surface area (Å²) in [5.74, 6) is -0.374. The van der Waals surface area contributed by atoms with Gasteiger partial charge in [0.05, 0.1) is 6.54 Å². The SMILES string of the molecule is Cl.O=C(OCc1ccccc1)C1=NC=CNC1. The molecule has 1 heterocycles. The summed E-state index contributed by atoms with van der Waals surface area (Å²) >= 11 is 0. The van der Waals surface area contributed by atoms with Crippen molar-refractivity contribution in [2.24, 2.45) is 4.99 Å². The van der Waals surface area contributed by atoms with E-state index in [9.17, 15) is 4.79 Å². The minimum absolute atomic E-state index is 0. The summed E-state index contributed by atoms with van der Waals surface area (Å²) in [5, 5.41) is 2.90. The molecule has 0 unspecified atom stereocenters. The Hall–Kier alpha value is -1.81. The number of halogens is 1. The highest BCUT2D eigenvalue weighted by Gasteiger charge is 2.13. The first-order valence-electron chi connectivity index (χ1n) is 5.02. The standard InChI is InChI=1S/C12H12N2O2.ClH/c15-12(11-8-13-6-7-14-11)16-9-10-4-2-1-3-5-10;/h1-7,13H,8-9H2;1H. The zero-order chi connectivity index (χ0) is 11.2. The second kappa shape index (κ2) is 6.70. The highest BCUT2D eigenvalue weighted by atomic mass is 35.5. The quantitative estimate of drug-likeness (QED) is 0.833. The molecule has 4 nitrogen and oxygen atoms in total. The van der Waals surface area contributed by atoms with Gasteiger partial charge in [0.1, 0.15) is 12.3 Å². The molecule has 0 spiro atoms. The number of nitrogens with zero attached hydrogens (tertiary/aromatic N) is 1.